The lowest BCUT2D eigenvalue weighted by atomic mass is 10.1. The van der Waals surface area contributed by atoms with Crippen LogP contribution in [0.25, 0.3) is 5.82 Å². The molecule has 2 heterocycles. The number of aliphatic carboxylic acids is 1. The summed E-state index contributed by atoms with van der Waals surface area (Å²) in [6.45, 7) is 0. The third kappa shape index (κ3) is 3.81. The van der Waals surface area contributed by atoms with Gasteiger partial charge in [-0.3, -0.25) is 9.59 Å². The Morgan fingerprint density at radius 2 is 2.04 bits per heavy atom. The predicted molar refractivity (Wildman–Crippen MR) is 80.4 cm³/mol. The molecule has 0 saturated heterocycles. The molecule has 26 heavy (non-hydrogen) atoms. The van der Waals surface area contributed by atoms with Gasteiger partial charge in [0, 0.05) is 12.2 Å². The van der Waals surface area contributed by atoms with Gasteiger partial charge < -0.3 is 10.4 Å². The van der Waals surface area contributed by atoms with E-state index in [1.807, 2.05) is 0 Å². The summed E-state index contributed by atoms with van der Waals surface area (Å²) in [5.41, 5.74) is -0.931. The second kappa shape index (κ2) is 6.73. The van der Waals surface area contributed by atoms with Gasteiger partial charge in [-0.05, 0) is 31.4 Å². The summed E-state index contributed by atoms with van der Waals surface area (Å²) < 4.78 is 38.7. The number of alkyl halides is 3. The molecule has 0 bridgehead atoms. The highest BCUT2D eigenvalue weighted by molar-refractivity contribution is 5.92. The number of halogens is 3. The molecule has 2 aromatic rings. The largest absolute Gasteiger partial charge is 0.481 e. The zero-order valence-electron chi connectivity index (χ0n) is 13.3. The molecule has 138 valence electrons. The van der Waals surface area contributed by atoms with Crippen LogP contribution in [0.4, 0.5) is 13.2 Å². The number of nitrogens with one attached hydrogen (secondary N) is 1. The van der Waals surface area contributed by atoms with Gasteiger partial charge in [0.1, 0.15) is 0 Å². The number of rotatable bonds is 4. The molecular weight excluding hydrogens is 355 g/mol. The van der Waals surface area contributed by atoms with Crippen molar-refractivity contribution in [2.24, 2.45) is 5.92 Å². The quantitative estimate of drug-likeness (QED) is 0.848. The van der Waals surface area contributed by atoms with E-state index in [4.69, 9.17) is 5.11 Å². The molecule has 8 nitrogen and oxygen atoms in total. The predicted octanol–water partition coefficient (Wildman–Crippen LogP) is 1.66. The maximum absolute atomic E-state index is 12.5. The Labute approximate surface area is 145 Å². The van der Waals surface area contributed by atoms with Crippen molar-refractivity contribution in [1.82, 2.24) is 25.3 Å². The minimum atomic E-state index is -4.49. The van der Waals surface area contributed by atoms with Crippen molar-refractivity contribution in [1.29, 1.82) is 0 Å². The number of pyridine rings is 1. The number of carboxylic acid groups (broad SMARTS) is 1. The topological polar surface area (TPSA) is 110 Å². The SMILES string of the molecule is O=C(N[C@H]1CC[C@@H](C(=O)O)C1)c1cn(-c2ccc(C(F)(F)F)cn2)nn1. The Balaban J connectivity index is 1.66. The number of carbonyl (C=O) groups excluding carboxylic acids is 1. The van der Waals surface area contributed by atoms with Crippen LogP contribution in [-0.4, -0.2) is 43.0 Å². The average Bonchev–Trinajstić information content (AvgIpc) is 3.23. The number of carboxylic acids is 1. The van der Waals surface area contributed by atoms with Gasteiger partial charge in [-0.2, -0.15) is 13.2 Å². The smallest absolute Gasteiger partial charge is 0.417 e. The van der Waals surface area contributed by atoms with Crippen LogP contribution in [-0.2, 0) is 11.0 Å². The van der Waals surface area contributed by atoms with Crippen molar-refractivity contribution in [3.8, 4) is 5.82 Å². The van der Waals surface area contributed by atoms with E-state index in [0.29, 0.717) is 25.5 Å². The summed E-state index contributed by atoms with van der Waals surface area (Å²) in [6.07, 6.45) is -1.20. The van der Waals surface area contributed by atoms with E-state index in [2.05, 4.69) is 20.6 Å². The molecule has 2 aromatic heterocycles. The Bertz CT molecular complexity index is 819. The van der Waals surface area contributed by atoms with E-state index < -0.39 is 29.5 Å². The highest BCUT2D eigenvalue weighted by Gasteiger charge is 2.32. The van der Waals surface area contributed by atoms with Crippen LogP contribution in [0.3, 0.4) is 0 Å². The molecule has 1 aliphatic rings. The minimum Gasteiger partial charge on any atom is -0.481 e. The van der Waals surface area contributed by atoms with Crippen LogP contribution in [0.15, 0.2) is 24.5 Å². The standard InChI is InChI=1S/C15H14F3N5O3/c16-15(17,18)9-2-4-12(19-6-9)23-7-11(21-22-23)13(24)20-10-3-1-8(5-10)14(25)26/h2,4,6-8,10H,1,3,5H2,(H,20,24)(H,25,26)/t8-,10+/m1/s1. The molecule has 2 atom stereocenters. The molecule has 1 amide bonds. The van der Waals surface area contributed by atoms with E-state index in [1.165, 1.54) is 6.20 Å². The van der Waals surface area contributed by atoms with Gasteiger partial charge in [-0.25, -0.2) is 9.67 Å². The van der Waals surface area contributed by atoms with Gasteiger partial charge in [0.15, 0.2) is 11.5 Å². The van der Waals surface area contributed by atoms with Gasteiger partial charge in [0.2, 0.25) is 0 Å². The van der Waals surface area contributed by atoms with Crippen LogP contribution in [0.1, 0.15) is 35.3 Å². The van der Waals surface area contributed by atoms with Crippen molar-refractivity contribution >= 4 is 11.9 Å². The third-order valence-corrected chi connectivity index (χ3v) is 4.15. The first-order chi connectivity index (χ1) is 12.2. The molecule has 1 fully saturated rings. The molecule has 11 heteroatoms. The normalized spacial score (nSPS) is 20.1. The van der Waals surface area contributed by atoms with E-state index in [0.717, 1.165) is 16.8 Å². The lowest BCUT2D eigenvalue weighted by Crippen LogP contribution is -2.33. The highest BCUT2D eigenvalue weighted by Crippen LogP contribution is 2.28. The zero-order valence-corrected chi connectivity index (χ0v) is 13.3. The lowest BCUT2D eigenvalue weighted by molar-refractivity contribution is -0.141. The van der Waals surface area contributed by atoms with Crippen molar-refractivity contribution < 1.29 is 27.9 Å². The first-order valence-electron chi connectivity index (χ1n) is 7.73. The van der Waals surface area contributed by atoms with Gasteiger partial charge >= 0.3 is 12.1 Å². The minimum absolute atomic E-state index is 0.0366. The fraction of sp³-hybridized carbons (Fsp3) is 0.400. The summed E-state index contributed by atoms with van der Waals surface area (Å²) in [5.74, 6) is -1.82. The summed E-state index contributed by atoms with van der Waals surface area (Å²) in [6, 6.07) is 1.71. The molecular formula is C15H14F3N5O3. The summed E-state index contributed by atoms with van der Waals surface area (Å²) >= 11 is 0. The van der Waals surface area contributed by atoms with E-state index in [1.54, 1.807) is 0 Å². The van der Waals surface area contributed by atoms with E-state index in [-0.39, 0.29) is 17.6 Å². The number of amides is 1. The summed E-state index contributed by atoms with van der Waals surface area (Å²) in [5, 5.41) is 19.0. The Hall–Kier alpha value is -2.98. The van der Waals surface area contributed by atoms with Crippen LogP contribution in [0, 0.1) is 5.92 Å². The lowest BCUT2D eigenvalue weighted by Gasteiger charge is -2.10. The molecule has 2 N–H and O–H groups in total. The highest BCUT2D eigenvalue weighted by atomic mass is 19.4. The number of aromatic nitrogens is 4. The molecule has 0 aliphatic heterocycles. The van der Waals surface area contributed by atoms with Gasteiger partial charge in [-0.15, -0.1) is 5.10 Å². The van der Waals surface area contributed by atoms with Crippen molar-refractivity contribution in [3.05, 3.63) is 35.8 Å². The van der Waals surface area contributed by atoms with E-state index >= 15 is 0 Å². The molecule has 1 aliphatic carbocycles. The molecule has 0 radical (unpaired) electrons. The number of nitrogens with zero attached hydrogens (tertiary/aromatic N) is 4. The first-order valence-corrected chi connectivity index (χ1v) is 7.73. The molecule has 0 spiro atoms. The summed E-state index contributed by atoms with van der Waals surface area (Å²) in [4.78, 5) is 26.8. The molecule has 1 saturated carbocycles. The van der Waals surface area contributed by atoms with Crippen LogP contribution >= 0.6 is 0 Å². The maximum atomic E-state index is 12.5. The van der Waals surface area contributed by atoms with Gasteiger partial charge in [0.05, 0.1) is 17.7 Å². The van der Waals surface area contributed by atoms with Crippen LogP contribution < -0.4 is 5.32 Å². The van der Waals surface area contributed by atoms with Crippen molar-refractivity contribution in [2.45, 2.75) is 31.5 Å². The monoisotopic (exact) mass is 369 g/mol. The number of hydrogen-bond acceptors (Lipinski definition) is 5. The second-order valence-corrected chi connectivity index (χ2v) is 5.97. The van der Waals surface area contributed by atoms with Crippen molar-refractivity contribution in [3.63, 3.8) is 0 Å². The Kier molecular flexibility index (Phi) is 4.62. The molecule has 0 unspecified atom stereocenters. The van der Waals surface area contributed by atoms with Crippen LogP contribution in [0.2, 0.25) is 0 Å². The second-order valence-electron chi connectivity index (χ2n) is 5.97. The zero-order chi connectivity index (χ0) is 18.9. The summed E-state index contributed by atoms with van der Waals surface area (Å²) in [7, 11) is 0. The number of carbonyl (C=O) groups is 2. The van der Waals surface area contributed by atoms with E-state index in [9.17, 15) is 22.8 Å². The maximum Gasteiger partial charge on any atom is 0.417 e. The fourth-order valence-electron chi connectivity index (χ4n) is 2.77. The van der Waals surface area contributed by atoms with Gasteiger partial charge in [0.25, 0.3) is 5.91 Å². The Morgan fingerprint density at radius 1 is 1.27 bits per heavy atom. The van der Waals surface area contributed by atoms with Crippen LogP contribution in [0.5, 0.6) is 0 Å². The Morgan fingerprint density at radius 3 is 2.62 bits per heavy atom. The first kappa shape index (κ1) is 17.8. The van der Waals surface area contributed by atoms with Crippen molar-refractivity contribution in [2.75, 3.05) is 0 Å². The van der Waals surface area contributed by atoms with Gasteiger partial charge in [-0.1, -0.05) is 5.21 Å². The molecule has 0 aromatic carbocycles. The number of hydrogen-bond donors (Lipinski definition) is 2. The average molecular weight is 369 g/mol. The fourth-order valence-corrected chi connectivity index (χ4v) is 2.77. The molecule has 3 rings (SSSR count). The third-order valence-electron chi connectivity index (χ3n) is 4.15.